The first-order valence-corrected chi connectivity index (χ1v) is 8.13. The average molecular weight is 286 g/mol. The lowest BCUT2D eigenvalue weighted by atomic mass is 10.1. The van der Waals surface area contributed by atoms with E-state index in [1.165, 1.54) is 4.90 Å². The first kappa shape index (κ1) is 14.5. The van der Waals surface area contributed by atoms with Crippen molar-refractivity contribution in [2.24, 2.45) is 0 Å². The Hall–Kier alpha value is -0.910. The van der Waals surface area contributed by atoms with Gasteiger partial charge in [0.05, 0.1) is 0 Å². The average Bonchev–Trinajstić information content (AvgIpc) is 3.19. The first-order chi connectivity index (χ1) is 9.08. The molecule has 0 aromatic carbocycles. The van der Waals surface area contributed by atoms with Crippen molar-refractivity contribution in [3.63, 3.8) is 0 Å². The summed E-state index contributed by atoms with van der Waals surface area (Å²) in [6, 6.07) is -0.874. The molecule has 0 aromatic heterocycles. The topological polar surface area (TPSA) is 69.6 Å². The molecule has 5 nitrogen and oxygen atoms in total. The van der Waals surface area contributed by atoms with Gasteiger partial charge in [0.2, 0.25) is 0 Å². The number of hydrogen-bond donors (Lipinski definition) is 2. The molecule has 19 heavy (non-hydrogen) atoms. The molecule has 1 saturated carbocycles. The Bertz CT molecular complexity index is 358. The van der Waals surface area contributed by atoms with Crippen LogP contribution in [0.25, 0.3) is 0 Å². The highest BCUT2D eigenvalue weighted by Crippen LogP contribution is 2.46. The molecule has 0 radical (unpaired) electrons. The van der Waals surface area contributed by atoms with E-state index in [0.29, 0.717) is 19.5 Å². The molecule has 2 aliphatic rings. The van der Waals surface area contributed by atoms with E-state index in [1.807, 2.05) is 0 Å². The van der Waals surface area contributed by atoms with Gasteiger partial charge in [-0.2, -0.15) is 11.8 Å². The molecule has 1 saturated heterocycles. The van der Waals surface area contributed by atoms with Gasteiger partial charge < -0.3 is 15.3 Å². The van der Waals surface area contributed by atoms with Crippen LogP contribution in [0.15, 0.2) is 0 Å². The summed E-state index contributed by atoms with van der Waals surface area (Å²) >= 11 is 1.79. The second-order valence-electron chi connectivity index (χ2n) is 5.44. The third-order valence-corrected chi connectivity index (χ3v) is 5.52. The quantitative estimate of drug-likeness (QED) is 0.828. The summed E-state index contributed by atoms with van der Waals surface area (Å²) in [6.45, 7) is 1.20. The van der Waals surface area contributed by atoms with Crippen molar-refractivity contribution in [2.75, 3.05) is 19.3 Å². The van der Waals surface area contributed by atoms with Gasteiger partial charge >= 0.3 is 12.0 Å². The number of carboxylic acids is 1. The van der Waals surface area contributed by atoms with Gasteiger partial charge in [0.15, 0.2) is 0 Å². The summed E-state index contributed by atoms with van der Waals surface area (Å²) in [7, 11) is 0. The van der Waals surface area contributed by atoms with E-state index < -0.39 is 12.0 Å². The molecule has 0 spiro atoms. The maximum absolute atomic E-state index is 12.2. The van der Waals surface area contributed by atoms with Gasteiger partial charge in [-0.15, -0.1) is 0 Å². The van der Waals surface area contributed by atoms with Crippen LogP contribution >= 0.6 is 11.8 Å². The van der Waals surface area contributed by atoms with Crippen LogP contribution in [-0.4, -0.2) is 52.1 Å². The molecule has 2 amide bonds. The number of thioether (sulfide) groups is 1. The highest BCUT2D eigenvalue weighted by Gasteiger charge is 2.42. The Labute approximate surface area is 118 Å². The lowest BCUT2D eigenvalue weighted by Crippen LogP contribution is -2.50. The fraction of sp³-hybridized carbons (Fsp3) is 0.846. The third-order valence-electron chi connectivity index (χ3n) is 4.10. The Kier molecular flexibility index (Phi) is 4.60. The number of carbonyl (C=O) groups is 2. The van der Waals surface area contributed by atoms with Gasteiger partial charge in [-0.25, -0.2) is 9.59 Å². The van der Waals surface area contributed by atoms with Crippen LogP contribution in [0.4, 0.5) is 4.79 Å². The Balaban J connectivity index is 1.92. The maximum atomic E-state index is 12.2. The van der Waals surface area contributed by atoms with Gasteiger partial charge in [0.1, 0.15) is 6.04 Å². The number of nitrogens with zero attached hydrogens (tertiary/aromatic N) is 1. The van der Waals surface area contributed by atoms with E-state index in [2.05, 4.69) is 11.6 Å². The number of carbonyl (C=O) groups excluding carboxylic acids is 1. The predicted octanol–water partition coefficient (Wildman–Crippen LogP) is 1.92. The van der Waals surface area contributed by atoms with Crippen molar-refractivity contribution in [1.29, 1.82) is 0 Å². The second-order valence-corrected chi connectivity index (χ2v) is 6.72. The number of hydrogen-bond acceptors (Lipinski definition) is 3. The van der Waals surface area contributed by atoms with Gasteiger partial charge in [-0.3, -0.25) is 0 Å². The van der Waals surface area contributed by atoms with Crippen LogP contribution in [0.3, 0.4) is 0 Å². The number of urea groups is 1. The highest BCUT2D eigenvalue weighted by atomic mass is 32.2. The molecular weight excluding hydrogens is 264 g/mol. The summed E-state index contributed by atoms with van der Waals surface area (Å²) in [5, 5.41) is 12.2. The summed E-state index contributed by atoms with van der Waals surface area (Å²) in [5.41, 5.74) is 0. The van der Waals surface area contributed by atoms with Gasteiger partial charge in [0.25, 0.3) is 0 Å². The van der Waals surface area contributed by atoms with Crippen LogP contribution in [0, 0.1) is 0 Å². The molecule has 1 heterocycles. The fourth-order valence-corrected chi connectivity index (χ4v) is 3.27. The lowest BCUT2D eigenvalue weighted by molar-refractivity contribution is -0.142. The van der Waals surface area contributed by atoms with Crippen LogP contribution < -0.4 is 5.32 Å². The van der Waals surface area contributed by atoms with Crippen molar-refractivity contribution in [1.82, 2.24) is 10.2 Å². The number of amides is 2. The number of aliphatic carboxylic acids is 1. The van der Waals surface area contributed by atoms with Crippen molar-refractivity contribution in [3.8, 4) is 0 Å². The SMILES string of the molecule is CSC1(CNC(=O)N2CCCCCC2C(=O)O)CC1. The molecule has 1 unspecified atom stereocenters. The zero-order chi connectivity index (χ0) is 13.9. The van der Waals surface area contributed by atoms with Crippen molar-refractivity contribution >= 4 is 23.8 Å². The number of likely N-dealkylation sites (tertiary alicyclic amines) is 1. The van der Waals surface area contributed by atoms with Crippen molar-refractivity contribution in [2.45, 2.75) is 49.3 Å². The minimum absolute atomic E-state index is 0.209. The zero-order valence-electron chi connectivity index (χ0n) is 11.4. The number of nitrogens with one attached hydrogen (secondary N) is 1. The largest absolute Gasteiger partial charge is 0.480 e. The summed E-state index contributed by atoms with van der Waals surface area (Å²) in [5.74, 6) is -0.886. The summed E-state index contributed by atoms with van der Waals surface area (Å²) in [6.07, 6.45) is 7.68. The fourth-order valence-electron chi connectivity index (χ4n) is 2.54. The molecule has 0 bridgehead atoms. The maximum Gasteiger partial charge on any atom is 0.326 e. The van der Waals surface area contributed by atoms with Crippen LogP contribution in [0.1, 0.15) is 38.5 Å². The lowest BCUT2D eigenvalue weighted by Gasteiger charge is -2.28. The van der Waals surface area contributed by atoms with Crippen molar-refractivity contribution in [3.05, 3.63) is 0 Å². The Morgan fingerprint density at radius 3 is 2.68 bits per heavy atom. The van der Waals surface area contributed by atoms with Gasteiger partial charge in [-0.05, 0) is 31.9 Å². The zero-order valence-corrected chi connectivity index (χ0v) is 12.2. The molecule has 108 valence electrons. The molecule has 1 aliphatic heterocycles. The molecule has 1 atom stereocenters. The van der Waals surface area contributed by atoms with Gasteiger partial charge in [-0.1, -0.05) is 12.8 Å². The van der Waals surface area contributed by atoms with Gasteiger partial charge in [0, 0.05) is 17.8 Å². The van der Waals surface area contributed by atoms with Crippen LogP contribution in [0.2, 0.25) is 0 Å². The first-order valence-electron chi connectivity index (χ1n) is 6.90. The normalized spacial score (nSPS) is 25.5. The smallest absolute Gasteiger partial charge is 0.326 e. The van der Waals surface area contributed by atoms with Crippen LogP contribution in [0.5, 0.6) is 0 Å². The second kappa shape index (κ2) is 6.03. The van der Waals surface area contributed by atoms with E-state index in [-0.39, 0.29) is 10.8 Å². The van der Waals surface area contributed by atoms with Crippen LogP contribution in [-0.2, 0) is 4.79 Å². The Morgan fingerprint density at radius 1 is 1.37 bits per heavy atom. The number of carboxylic acid groups (broad SMARTS) is 1. The third kappa shape index (κ3) is 3.55. The molecule has 2 rings (SSSR count). The number of rotatable bonds is 4. The minimum Gasteiger partial charge on any atom is -0.480 e. The minimum atomic E-state index is -0.886. The van der Waals surface area contributed by atoms with E-state index in [0.717, 1.165) is 32.1 Å². The van der Waals surface area contributed by atoms with E-state index in [9.17, 15) is 14.7 Å². The monoisotopic (exact) mass is 286 g/mol. The predicted molar refractivity (Wildman–Crippen MR) is 75.5 cm³/mol. The van der Waals surface area contributed by atoms with Crippen molar-refractivity contribution < 1.29 is 14.7 Å². The molecular formula is C13H22N2O3S. The molecule has 1 aliphatic carbocycles. The molecule has 6 heteroatoms. The highest BCUT2D eigenvalue weighted by molar-refractivity contribution is 8.00. The molecule has 2 fully saturated rings. The summed E-state index contributed by atoms with van der Waals surface area (Å²) in [4.78, 5) is 25.0. The van der Waals surface area contributed by atoms with E-state index in [1.54, 1.807) is 11.8 Å². The molecule has 2 N–H and O–H groups in total. The summed E-state index contributed by atoms with van der Waals surface area (Å²) < 4.78 is 0.209. The molecule has 0 aromatic rings. The standard InChI is InChI=1S/C13H22N2O3S/c1-19-13(6-7-13)9-14-12(18)15-8-4-2-3-5-10(15)11(16)17/h10H,2-9H2,1H3,(H,14,18)(H,16,17). The van der Waals surface area contributed by atoms with E-state index in [4.69, 9.17) is 0 Å². The Morgan fingerprint density at radius 2 is 2.11 bits per heavy atom. The van der Waals surface area contributed by atoms with E-state index >= 15 is 0 Å².